The summed E-state index contributed by atoms with van der Waals surface area (Å²) in [6, 6.07) is 15.2. The molecule has 6 nitrogen and oxygen atoms in total. The highest BCUT2D eigenvalue weighted by atomic mass is 32.2. The molecule has 2 aromatic rings. The summed E-state index contributed by atoms with van der Waals surface area (Å²) in [5.41, 5.74) is 3.36. The fourth-order valence-electron chi connectivity index (χ4n) is 4.34. The molecular weight excluding hydrogens is 398 g/mol. The minimum atomic E-state index is -3.50. The van der Waals surface area contributed by atoms with E-state index < -0.39 is 10.0 Å². The number of anilines is 1. The second kappa shape index (κ2) is 8.40. The van der Waals surface area contributed by atoms with Crippen LogP contribution in [0.15, 0.2) is 53.4 Å². The van der Waals surface area contributed by atoms with Crippen LogP contribution in [0.25, 0.3) is 0 Å². The van der Waals surface area contributed by atoms with Gasteiger partial charge in [-0.2, -0.15) is 4.31 Å². The van der Waals surface area contributed by atoms with Crippen molar-refractivity contribution in [3.05, 3.63) is 59.7 Å². The summed E-state index contributed by atoms with van der Waals surface area (Å²) in [5.74, 6) is 0.0255. The second-order valence-corrected chi connectivity index (χ2v) is 10.2. The van der Waals surface area contributed by atoms with Crippen LogP contribution < -0.4 is 4.90 Å². The minimum Gasteiger partial charge on any atom is -0.373 e. The first kappa shape index (κ1) is 20.9. The number of nitrogens with zero attached hydrogens (tertiary/aromatic N) is 3. The molecule has 4 rings (SSSR count). The molecule has 0 unspecified atom stereocenters. The highest BCUT2D eigenvalue weighted by Gasteiger charge is 2.34. The molecule has 2 aliphatic rings. The molecule has 0 radical (unpaired) electrons. The molecule has 0 atom stereocenters. The van der Waals surface area contributed by atoms with Gasteiger partial charge in [0.15, 0.2) is 0 Å². The number of hydrogen-bond donors (Lipinski definition) is 0. The smallest absolute Gasteiger partial charge is 0.243 e. The Kier molecular flexibility index (Phi) is 5.84. The SMILES string of the molecule is Cc1ccc(S(=O)(=O)N2CCC(C(=O)N3CCN(C)c4ccccc4C3)CC2)cc1. The zero-order valence-electron chi connectivity index (χ0n) is 17.6. The number of likely N-dealkylation sites (N-methyl/N-ethyl adjacent to an activating group) is 1. The standard InChI is InChI=1S/C23H29N3O3S/c1-18-7-9-21(10-8-18)30(28,29)26-13-11-19(12-14-26)23(27)25-16-15-24(2)22-6-4-3-5-20(22)17-25/h3-10,19H,11-17H2,1-2H3. The van der Waals surface area contributed by atoms with Crippen LogP contribution in [0, 0.1) is 12.8 Å². The maximum absolute atomic E-state index is 13.2. The fraction of sp³-hybridized carbons (Fsp3) is 0.435. The van der Waals surface area contributed by atoms with Crippen molar-refractivity contribution in [3.63, 3.8) is 0 Å². The number of sulfonamides is 1. The van der Waals surface area contributed by atoms with Gasteiger partial charge in [0.05, 0.1) is 4.90 Å². The molecule has 0 N–H and O–H groups in total. The highest BCUT2D eigenvalue weighted by Crippen LogP contribution is 2.28. The largest absolute Gasteiger partial charge is 0.373 e. The zero-order chi connectivity index (χ0) is 21.3. The average Bonchev–Trinajstić information content (AvgIpc) is 2.93. The number of benzene rings is 2. The Morgan fingerprint density at radius 3 is 2.30 bits per heavy atom. The summed E-state index contributed by atoms with van der Waals surface area (Å²) in [5, 5.41) is 0. The molecule has 0 aliphatic carbocycles. The third-order valence-electron chi connectivity index (χ3n) is 6.24. The molecule has 0 saturated carbocycles. The number of carbonyl (C=O) groups excluding carboxylic acids is 1. The number of carbonyl (C=O) groups is 1. The van der Waals surface area contributed by atoms with E-state index in [9.17, 15) is 13.2 Å². The molecule has 30 heavy (non-hydrogen) atoms. The lowest BCUT2D eigenvalue weighted by molar-refractivity contribution is -0.137. The van der Waals surface area contributed by atoms with E-state index >= 15 is 0 Å². The molecule has 1 saturated heterocycles. The summed E-state index contributed by atoms with van der Waals surface area (Å²) in [6.07, 6.45) is 1.13. The lowest BCUT2D eigenvalue weighted by atomic mass is 9.96. The topological polar surface area (TPSA) is 60.9 Å². The first-order chi connectivity index (χ1) is 14.4. The Bertz CT molecular complexity index is 1010. The Morgan fingerprint density at radius 2 is 1.60 bits per heavy atom. The number of hydrogen-bond acceptors (Lipinski definition) is 4. The van der Waals surface area contributed by atoms with Crippen molar-refractivity contribution in [3.8, 4) is 0 Å². The number of aryl methyl sites for hydroxylation is 1. The predicted octanol–water partition coefficient (Wildman–Crippen LogP) is 2.87. The van der Waals surface area contributed by atoms with Gasteiger partial charge in [-0.1, -0.05) is 35.9 Å². The van der Waals surface area contributed by atoms with E-state index in [1.54, 1.807) is 12.1 Å². The van der Waals surface area contributed by atoms with Crippen LogP contribution in [0.3, 0.4) is 0 Å². The summed E-state index contributed by atoms with van der Waals surface area (Å²) < 4.78 is 27.4. The summed E-state index contributed by atoms with van der Waals surface area (Å²) in [6.45, 7) is 4.80. The van der Waals surface area contributed by atoms with Crippen LogP contribution in [-0.4, -0.2) is 56.8 Å². The molecule has 160 valence electrons. The number of para-hydroxylation sites is 1. The third kappa shape index (κ3) is 4.09. The van der Waals surface area contributed by atoms with Gasteiger partial charge < -0.3 is 9.80 Å². The quantitative estimate of drug-likeness (QED) is 0.756. The molecule has 1 fully saturated rings. The number of piperidine rings is 1. The van der Waals surface area contributed by atoms with E-state index in [0.29, 0.717) is 43.9 Å². The van der Waals surface area contributed by atoms with E-state index in [0.717, 1.165) is 17.7 Å². The Hall–Kier alpha value is -2.38. The summed E-state index contributed by atoms with van der Waals surface area (Å²) in [7, 11) is -1.45. The summed E-state index contributed by atoms with van der Waals surface area (Å²) >= 11 is 0. The van der Waals surface area contributed by atoms with Crippen LogP contribution >= 0.6 is 0 Å². The van der Waals surface area contributed by atoms with Crippen molar-refractivity contribution in [1.29, 1.82) is 0 Å². The van der Waals surface area contributed by atoms with E-state index in [4.69, 9.17) is 0 Å². The van der Waals surface area contributed by atoms with Crippen molar-refractivity contribution < 1.29 is 13.2 Å². The van der Waals surface area contributed by atoms with Gasteiger partial charge in [-0.25, -0.2) is 8.42 Å². The van der Waals surface area contributed by atoms with Crippen LogP contribution in [0.2, 0.25) is 0 Å². The molecular formula is C23H29N3O3S. The number of amides is 1. The van der Waals surface area contributed by atoms with E-state index in [-0.39, 0.29) is 11.8 Å². The monoisotopic (exact) mass is 427 g/mol. The number of fused-ring (bicyclic) bond motifs is 1. The highest BCUT2D eigenvalue weighted by molar-refractivity contribution is 7.89. The Balaban J connectivity index is 1.42. The van der Waals surface area contributed by atoms with Crippen LogP contribution in [-0.2, 0) is 21.4 Å². The minimum absolute atomic E-state index is 0.120. The van der Waals surface area contributed by atoms with Gasteiger partial charge in [-0.15, -0.1) is 0 Å². The molecule has 0 spiro atoms. The first-order valence-corrected chi connectivity index (χ1v) is 11.9. The van der Waals surface area contributed by atoms with Crippen molar-refractivity contribution in [2.45, 2.75) is 31.2 Å². The maximum Gasteiger partial charge on any atom is 0.243 e. The molecule has 7 heteroatoms. The molecule has 0 aromatic heterocycles. The lowest BCUT2D eigenvalue weighted by Crippen LogP contribution is -2.45. The Labute approximate surface area is 179 Å². The van der Waals surface area contributed by atoms with Crippen LogP contribution in [0.1, 0.15) is 24.0 Å². The predicted molar refractivity (Wildman–Crippen MR) is 118 cm³/mol. The normalized spacial score (nSPS) is 18.7. The van der Waals surface area contributed by atoms with Crippen molar-refractivity contribution in [2.24, 2.45) is 5.92 Å². The summed E-state index contributed by atoms with van der Waals surface area (Å²) in [4.78, 5) is 17.7. The van der Waals surface area contributed by atoms with Gasteiger partial charge >= 0.3 is 0 Å². The van der Waals surface area contributed by atoms with Crippen molar-refractivity contribution in [2.75, 3.05) is 38.1 Å². The van der Waals surface area contributed by atoms with E-state index in [2.05, 4.69) is 24.1 Å². The molecule has 2 aliphatic heterocycles. The average molecular weight is 428 g/mol. The third-order valence-corrected chi connectivity index (χ3v) is 8.16. The van der Waals surface area contributed by atoms with E-state index in [1.807, 2.05) is 36.1 Å². The van der Waals surface area contributed by atoms with Crippen LogP contribution in [0.4, 0.5) is 5.69 Å². The van der Waals surface area contributed by atoms with Gasteiger partial charge in [0, 0.05) is 51.4 Å². The zero-order valence-corrected chi connectivity index (χ0v) is 18.4. The number of rotatable bonds is 3. The lowest BCUT2D eigenvalue weighted by Gasteiger charge is -2.33. The Morgan fingerprint density at radius 1 is 0.933 bits per heavy atom. The van der Waals surface area contributed by atoms with Gasteiger partial charge in [0.1, 0.15) is 0 Å². The van der Waals surface area contributed by atoms with Crippen molar-refractivity contribution >= 4 is 21.6 Å². The molecule has 1 amide bonds. The van der Waals surface area contributed by atoms with Gasteiger partial charge in [-0.05, 0) is 43.5 Å². The van der Waals surface area contributed by atoms with Crippen molar-refractivity contribution in [1.82, 2.24) is 9.21 Å². The van der Waals surface area contributed by atoms with Gasteiger partial charge in [0.25, 0.3) is 0 Å². The van der Waals surface area contributed by atoms with Gasteiger partial charge in [-0.3, -0.25) is 4.79 Å². The molecule has 2 aromatic carbocycles. The van der Waals surface area contributed by atoms with Crippen LogP contribution in [0.5, 0.6) is 0 Å². The second-order valence-electron chi connectivity index (χ2n) is 8.30. The van der Waals surface area contributed by atoms with E-state index in [1.165, 1.54) is 9.99 Å². The molecule has 0 bridgehead atoms. The maximum atomic E-state index is 13.2. The molecule has 2 heterocycles. The first-order valence-electron chi connectivity index (χ1n) is 10.5. The van der Waals surface area contributed by atoms with Gasteiger partial charge in [0.2, 0.25) is 15.9 Å². The fourth-order valence-corrected chi connectivity index (χ4v) is 5.81.